The summed E-state index contributed by atoms with van der Waals surface area (Å²) in [6.45, 7) is 7.22. The molecule has 26 heavy (non-hydrogen) atoms. The second-order valence-corrected chi connectivity index (χ2v) is 11.1. The highest BCUT2D eigenvalue weighted by molar-refractivity contribution is 5.72. The fraction of sp³-hybridized carbons (Fsp3) is 0.955. The van der Waals surface area contributed by atoms with Crippen LogP contribution in [0.25, 0.3) is 0 Å². The predicted molar refractivity (Wildman–Crippen MR) is 97.4 cm³/mol. The van der Waals surface area contributed by atoms with E-state index >= 15 is 0 Å². The summed E-state index contributed by atoms with van der Waals surface area (Å²) in [4.78, 5) is 15.0. The summed E-state index contributed by atoms with van der Waals surface area (Å²) in [6, 6.07) is 0.419. The Kier molecular flexibility index (Phi) is 2.94. The molecule has 6 rings (SSSR count). The van der Waals surface area contributed by atoms with Gasteiger partial charge in [-0.05, 0) is 74.0 Å². The van der Waals surface area contributed by atoms with E-state index < -0.39 is 11.6 Å². The van der Waals surface area contributed by atoms with Crippen LogP contribution in [0.1, 0.15) is 58.8 Å². The molecule has 0 aromatic heterocycles. The third-order valence-corrected chi connectivity index (χ3v) is 10.9. The van der Waals surface area contributed by atoms with Gasteiger partial charge in [-0.3, -0.25) is 9.69 Å². The summed E-state index contributed by atoms with van der Waals surface area (Å²) in [6.07, 6.45) is 7.53. The molecule has 4 bridgehead atoms. The molecule has 1 spiro atoms. The minimum absolute atomic E-state index is 0.0160. The Morgan fingerprint density at radius 1 is 1.08 bits per heavy atom. The molecule has 0 radical (unpaired) electrons. The molecule has 10 atom stereocenters. The van der Waals surface area contributed by atoms with Crippen LogP contribution in [-0.4, -0.2) is 45.8 Å². The lowest BCUT2D eigenvalue weighted by Gasteiger charge is -2.68. The van der Waals surface area contributed by atoms with E-state index in [0.717, 1.165) is 32.2 Å². The van der Waals surface area contributed by atoms with Crippen molar-refractivity contribution in [3.05, 3.63) is 0 Å². The molecule has 5 unspecified atom stereocenters. The minimum Gasteiger partial charge on any atom is -0.481 e. The fourth-order valence-electron chi connectivity index (χ4n) is 10.1. The van der Waals surface area contributed by atoms with E-state index in [1.165, 1.54) is 25.8 Å². The Balaban J connectivity index is 1.64. The molecule has 144 valence electrons. The molecular formula is C22H33NO3. The molecule has 4 saturated carbocycles. The van der Waals surface area contributed by atoms with Crippen molar-refractivity contribution in [1.82, 2.24) is 4.90 Å². The van der Waals surface area contributed by atoms with Crippen LogP contribution in [-0.2, 0) is 4.79 Å². The molecule has 6 aliphatic rings. The van der Waals surface area contributed by atoms with Gasteiger partial charge in [-0.2, -0.15) is 0 Å². The minimum atomic E-state index is -0.744. The van der Waals surface area contributed by atoms with Crippen LogP contribution >= 0.6 is 0 Å². The molecule has 4 aliphatic carbocycles. The lowest BCUT2D eigenvalue weighted by molar-refractivity contribution is -0.246. The van der Waals surface area contributed by atoms with E-state index in [2.05, 4.69) is 18.7 Å². The van der Waals surface area contributed by atoms with Crippen LogP contribution in [0.5, 0.6) is 0 Å². The first kappa shape index (κ1) is 16.4. The van der Waals surface area contributed by atoms with Gasteiger partial charge in [-0.25, -0.2) is 0 Å². The first-order valence-electron chi connectivity index (χ1n) is 11.0. The van der Waals surface area contributed by atoms with E-state index in [9.17, 15) is 15.0 Å². The first-order chi connectivity index (χ1) is 12.3. The number of carboxylic acids is 1. The molecule has 2 N–H and O–H groups in total. The van der Waals surface area contributed by atoms with Crippen LogP contribution in [0.4, 0.5) is 0 Å². The number of nitrogens with zero attached hydrogens (tertiary/aromatic N) is 1. The second-order valence-electron chi connectivity index (χ2n) is 11.1. The molecule has 6 fully saturated rings. The Morgan fingerprint density at radius 2 is 1.81 bits per heavy atom. The molecule has 2 saturated heterocycles. The Labute approximate surface area is 156 Å². The van der Waals surface area contributed by atoms with Crippen molar-refractivity contribution in [3.8, 4) is 0 Å². The van der Waals surface area contributed by atoms with Crippen molar-refractivity contribution in [1.29, 1.82) is 0 Å². The average Bonchev–Trinajstić information content (AvgIpc) is 3.15. The van der Waals surface area contributed by atoms with Gasteiger partial charge in [0.1, 0.15) is 0 Å². The van der Waals surface area contributed by atoms with Crippen LogP contribution in [0.2, 0.25) is 0 Å². The Morgan fingerprint density at radius 3 is 2.58 bits per heavy atom. The number of aliphatic hydroxyl groups is 1. The molecule has 0 aromatic rings. The van der Waals surface area contributed by atoms with Gasteiger partial charge in [0.15, 0.2) is 0 Å². The highest BCUT2D eigenvalue weighted by Crippen LogP contribution is 2.79. The molecule has 0 aromatic carbocycles. The number of aliphatic carboxylic acids is 1. The van der Waals surface area contributed by atoms with Crippen molar-refractivity contribution >= 4 is 5.97 Å². The lowest BCUT2D eigenvalue weighted by Crippen LogP contribution is -2.73. The maximum absolute atomic E-state index is 12.5. The topological polar surface area (TPSA) is 60.8 Å². The molecule has 2 aliphatic heterocycles. The van der Waals surface area contributed by atoms with E-state index in [1.807, 2.05) is 0 Å². The summed E-state index contributed by atoms with van der Waals surface area (Å²) in [5.41, 5.74) is -0.821. The highest BCUT2D eigenvalue weighted by Gasteiger charge is 2.82. The quantitative estimate of drug-likeness (QED) is 0.756. The van der Waals surface area contributed by atoms with Gasteiger partial charge in [0, 0.05) is 30.5 Å². The molecule has 2 heterocycles. The maximum Gasteiger partial charge on any atom is 0.306 e. The zero-order valence-electron chi connectivity index (χ0n) is 16.2. The summed E-state index contributed by atoms with van der Waals surface area (Å²) in [7, 11) is 0. The number of piperidine rings is 1. The zero-order valence-corrected chi connectivity index (χ0v) is 16.2. The fourth-order valence-corrected chi connectivity index (χ4v) is 10.1. The van der Waals surface area contributed by atoms with Crippen LogP contribution < -0.4 is 0 Å². The van der Waals surface area contributed by atoms with Gasteiger partial charge in [-0.15, -0.1) is 0 Å². The standard InChI is InChI=1S/C22H33NO3/c1-12-10-23-11-14-4-3-13-5-6-17-16(19(24)25)9-21(22(13,17)26)18(23)15(12)7-8-20(14,21)2/h12-18,26H,3-11H2,1-2H3,(H,24,25)/t12-,13?,14+,15?,16-,17?,18?,20+,21?,22+/m1/s1. The van der Waals surface area contributed by atoms with E-state index in [1.54, 1.807) is 0 Å². The zero-order chi connectivity index (χ0) is 18.1. The molecule has 0 amide bonds. The average molecular weight is 360 g/mol. The SMILES string of the molecule is C[C@@H]1CN2C[C@@H]3CCC4CCC5[C@H](C(=O)O)CC6(C2C1CC[C@@]36C)[C@]45O. The van der Waals surface area contributed by atoms with Gasteiger partial charge in [0.05, 0.1) is 11.5 Å². The van der Waals surface area contributed by atoms with E-state index in [4.69, 9.17) is 0 Å². The van der Waals surface area contributed by atoms with Crippen molar-refractivity contribution in [2.75, 3.05) is 13.1 Å². The van der Waals surface area contributed by atoms with E-state index in [0.29, 0.717) is 29.7 Å². The second kappa shape index (κ2) is 4.68. The van der Waals surface area contributed by atoms with Crippen LogP contribution in [0.15, 0.2) is 0 Å². The van der Waals surface area contributed by atoms with Gasteiger partial charge in [0.25, 0.3) is 0 Å². The largest absolute Gasteiger partial charge is 0.481 e. The monoisotopic (exact) mass is 359 g/mol. The first-order valence-corrected chi connectivity index (χ1v) is 11.0. The Bertz CT molecular complexity index is 680. The summed E-state index contributed by atoms with van der Waals surface area (Å²) in [5.74, 6) is 1.30. The maximum atomic E-state index is 12.5. The van der Waals surface area contributed by atoms with Crippen LogP contribution in [0.3, 0.4) is 0 Å². The Hall–Kier alpha value is -0.610. The molecular weight excluding hydrogens is 326 g/mol. The summed E-state index contributed by atoms with van der Waals surface area (Å²) < 4.78 is 0. The van der Waals surface area contributed by atoms with Crippen molar-refractivity contribution in [2.45, 2.75) is 70.4 Å². The van der Waals surface area contributed by atoms with Gasteiger partial charge >= 0.3 is 5.97 Å². The van der Waals surface area contributed by atoms with Gasteiger partial charge < -0.3 is 10.2 Å². The van der Waals surface area contributed by atoms with Crippen molar-refractivity contribution < 1.29 is 15.0 Å². The summed E-state index contributed by atoms with van der Waals surface area (Å²) in [5, 5.41) is 22.6. The number of hydrogen-bond acceptors (Lipinski definition) is 3. The molecule has 4 nitrogen and oxygen atoms in total. The molecule has 4 heteroatoms. The normalized spacial score (nSPS) is 62.8. The lowest BCUT2D eigenvalue weighted by atomic mass is 9.41. The van der Waals surface area contributed by atoms with Crippen molar-refractivity contribution in [2.24, 2.45) is 46.3 Å². The van der Waals surface area contributed by atoms with Crippen LogP contribution in [0, 0.1) is 46.3 Å². The van der Waals surface area contributed by atoms with E-state index in [-0.39, 0.29) is 22.7 Å². The van der Waals surface area contributed by atoms with Gasteiger partial charge in [-0.1, -0.05) is 13.8 Å². The summed E-state index contributed by atoms with van der Waals surface area (Å²) >= 11 is 0. The number of hydrogen-bond donors (Lipinski definition) is 2. The third-order valence-electron chi connectivity index (χ3n) is 10.9. The third kappa shape index (κ3) is 1.44. The number of carbonyl (C=O) groups is 1. The number of carboxylic acid groups (broad SMARTS) is 1. The predicted octanol–water partition coefficient (Wildman–Crippen LogP) is 2.99. The van der Waals surface area contributed by atoms with Gasteiger partial charge in [0.2, 0.25) is 0 Å². The highest BCUT2D eigenvalue weighted by atomic mass is 16.4. The smallest absolute Gasteiger partial charge is 0.306 e. The number of rotatable bonds is 1. The van der Waals surface area contributed by atoms with Crippen molar-refractivity contribution in [3.63, 3.8) is 0 Å².